The monoisotopic (exact) mass is 1530 g/mol. The van der Waals surface area contributed by atoms with Crippen molar-refractivity contribution in [3.63, 3.8) is 0 Å². The normalized spacial score (nSPS) is 11.7. The Morgan fingerprint density at radius 1 is 0.167 bits per heavy atom. The van der Waals surface area contributed by atoms with E-state index in [2.05, 4.69) is 416 Å². The molecule has 0 N–H and O–H groups in total. The molecular weight excluding hydrogens is 1460 g/mol. The minimum atomic E-state index is 0.906. The van der Waals surface area contributed by atoms with Gasteiger partial charge in [-0.15, -0.1) is 0 Å². The van der Waals surface area contributed by atoms with Crippen LogP contribution in [0.5, 0.6) is 0 Å². The van der Waals surface area contributed by atoms with E-state index >= 15 is 0 Å². The van der Waals surface area contributed by atoms with Gasteiger partial charge in [0.05, 0.1) is 72.2 Å². The first-order chi connectivity index (χ1) is 59.5. The first kappa shape index (κ1) is 69.3. The van der Waals surface area contributed by atoms with Crippen LogP contribution in [0.4, 0.5) is 0 Å². The van der Waals surface area contributed by atoms with Gasteiger partial charge in [-0.05, 0) is 244 Å². The summed E-state index contributed by atoms with van der Waals surface area (Å²) in [5.74, 6) is 0. The Labute approximate surface area is 691 Å². The van der Waals surface area contributed by atoms with Crippen molar-refractivity contribution in [2.24, 2.45) is 0 Å². The second-order valence-electron chi connectivity index (χ2n) is 30.7. The van der Waals surface area contributed by atoms with Gasteiger partial charge < -0.3 is 18.3 Å². The number of nitrogens with zero attached hydrogens (tertiary/aromatic N) is 9. The van der Waals surface area contributed by atoms with Crippen molar-refractivity contribution in [2.45, 2.75) is 0 Å². The molecule has 24 aromatic rings. The molecule has 0 spiro atoms. The molecule has 24 rings (SSSR count). The Bertz CT molecular complexity index is 8120. The molecule has 0 unspecified atom stereocenters. The van der Waals surface area contributed by atoms with Crippen LogP contribution in [0.1, 0.15) is 0 Å². The van der Waals surface area contributed by atoms with Crippen LogP contribution in [-0.2, 0) is 0 Å². The summed E-state index contributed by atoms with van der Waals surface area (Å²) >= 11 is 0. The minimum absolute atomic E-state index is 0.906. The maximum absolute atomic E-state index is 5.41. The minimum Gasteiger partial charge on any atom is -0.309 e. The number of hydrogen-bond donors (Lipinski definition) is 0. The largest absolute Gasteiger partial charge is 0.309 e. The third-order valence-electron chi connectivity index (χ3n) is 23.9. The molecule has 0 aliphatic rings. The lowest BCUT2D eigenvalue weighted by molar-refractivity contribution is 1.18. The van der Waals surface area contributed by atoms with Crippen LogP contribution in [0.15, 0.2) is 431 Å². The molecule has 15 aromatic carbocycles. The lowest BCUT2D eigenvalue weighted by atomic mass is 9.93. The zero-order chi connectivity index (χ0) is 79.1. The van der Waals surface area contributed by atoms with Gasteiger partial charge >= 0.3 is 0 Å². The van der Waals surface area contributed by atoms with E-state index < -0.39 is 0 Å². The van der Waals surface area contributed by atoms with Gasteiger partial charge in [-0.3, -0.25) is 15.0 Å². The molecule has 0 atom stereocenters. The van der Waals surface area contributed by atoms with Crippen molar-refractivity contribution < 1.29 is 0 Å². The fourth-order valence-electron chi connectivity index (χ4n) is 18.2. The van der Waals surface area contributed by atoms with E-state index in [1.54, 1.807) is 12.4 Å². The van der Waals surface area contributed by atoms with Gasteiger partial charge in [0.2, 0.25) is 0 Å². The van der Waals surface area contributed by atoms with Gasteiger partial charge in [0.25, 0.3) is 0 Å². The van der Waals surface area contributed by atoms with Crippen LogP contribution < -0.4 is 0 Å². The Balaban J connectivity index is 0.000000140. The predicted molar refractivity (Wildman–Crippen MR) is 498 cm³/mol. The van der Waals surface area contributed by atoms with E-state index in [9.17, 15) is 0 Å². The van der Waals surface area contributed by atoms with Crippen LogP contribution in [0.2, 0.25) is 0 Å². The van der Waals surface area contributed by atoms with E-state index in [4.69, 9.17) is 15.0 Å². The first-order valence-corrected chi connectivity index (χ1v) is 40.6. The van der Waals surface area contributed by atoms with Crippen molar-refractivity contribution in [2.75, 3.05) is 0 Å². The Kier molecular flexibility index (Phi) is 16.7. The van der Waals surface area contributed by atoms with Gasteiger partial charge in [0.15, 0.2) is 0 Å². The average molecular weight is 1530 g/mol. The van der Waals surface area contributed by atoms with Gasteiger partial charge in [-0.2, -0.15) is 0 Å². The number of pyridine rings is 5. The SMILES string of the molecule is c1ccc(-n2c3ccccc3c3cc(-c4ccc5nc(-c6ccc7c(c6)c6ccccc6n7-c6ccccc6)cc(-c6ccc(-c7ccncc7)nc6)c5c4)ccc32)cc1.c1ccc(-n2c3ccccc3c3cc(-c4ccc5nc(-c6ccc7c(c6)c6ccccc6n7-c6ccccc6)cc(-c6cccc(-c7ccncc7)c6)c5c4)ccc32)cc1. The highest BCUT2D eigenvalue weighted by Crippen LogP contribution is 2.45. The van der Waals surface area contributed by atoms with Crippen molar-refractivity contribution >= 4 is 109 Å². The summed E-state index contributed by atoms with van der Waals surface area (Å²) in [6, 6.07) is 144. The molecule has 0 fully saturated rings. The maximum atomic E-state index is 5.41. The summed E-state index contributed by atoms with van der Waals surface area (Å²) in [4.78, 5) is 24.2. The van der Waals surface area contributed by atoms with Crippen LogP contribution in [0.25, 0.3) is 221 Å². The smallest absolute Gasteiger partial charge is 0.0716 e. The summed E-state index contributed by atoms with van der Waals surface area (Å²) in [5, 5.41) is 11.9. The van der Waals surface area contributed by atoms with Crippen molar-refractivity contribution in [3.8, 4) is 112 Å². The standard InChI is InChI=1S/C56H36N4.C55H35N5/c1-3-14-43(15-4-1)59-53-20-9-7-18-45(53)49-34-40(23-26-55(49)59)39-22-25-51-48(33-39)47(41-13-11-12-38(32-41)37-28-30-57-31-29-37)36-52(58-51)42-24-27-56-50(35-42)46-19-8-10-21-54(46)60(56)44-16-5-2-6-17-44;1-3-11-41(12-4-1)59-52-17-9-7-15-43(52)47-32-38(21-25-54(47)59)37-19-24-50-46(31-37)45(40-20-23-49(57-35-40)36-27-29-56-30-28-36)34-51(58-50)39-22-26-55-48(33-39)44-16-8-10-18-53(44)60(55)42-13-5-2-6-14-42/h1-36H;1-35H. The van der Waals surface area contributed by atoms with E-state index in [0.29, 0.717) is 0 Å². The molecule has 0 aliphatic heterocycles. The lowest BCUT2D eigenvalue weighted by Gasteiger charge is -2.14. The molecule has 9 heteroatoms. The zero-order valence-electron chi connectivity index (χ0n) is 65.0. The molecule has 0 amide bonds. The molecule has 9 nitrogen and oxygen atoms in total. The Morgan fingerprint density at radius 3 is 0.850 bits per heavy atom. The number of fused-ring (bicyclic) bond motifs is 14. The van der Waals surface area contributed by atoms with Crippen LogP contribution in [-0.4, -0.2) is 43.2 Å². The predicted octanol–water partition coefficient (Wildman–Crippen LogP) is 28.4. The molecule has 0 radical (unpaired) electrons. The van der Waals surface area contributed by atoms with E-state index in [1.807, 2.05) is 30.7 Å². The summed E-state index contributed by atoms with van der Waals surface area (Å²) in [7, 11) is 0. The highest BCUT2D eigenvalue weighted by molar-refractivity contribution is 6.15. The number of aromatic nitrogens is 9. The van der Waals surface area contributed by atoms with Gasteiger partial charge in [0, 0.05) is 130 Å². The van der Waals surface area contributed by atoms with Crippen molar-refractivity contribution in [1.82, 2.24) is 43.2 Å². The summed E-state index contributed by atoms with van der Waals surface area (Å²) in [6.45, 7) is 0. The second kappa shape index (κ2) is 28.9. The molecule has 0 aliphatic carbocycles. The fourth-order valence-corrected chi connectivity index (χ4v) is 18.2. The quantitative estimate of drug-likeness (QED) is 0.122. The van der Waals surface area contributed by atoms with Gasteiger partial charge in [-0.25, -0.2) is 9.97 Å². The van der Waals surface area contributed by atoms with Crippen molar-refractivity contribution in [1.29, 1.82) is 0 Å². The topological polar surface area (TPSA) is 84.2 Å². The molecule has 0 saturated heterocycles. The third kappa shape index (κ3) is 12.0. The third-order valence-corrected chi connectivity index (χ3v) is 23.9. The molecule has 0 saturated carbocycles. The fraction of sp³-hybridized carbons (Fsp3) is 0. The molecule has 120 heavy (non-hydrogen) atoms. The zero-order valence-corrected chi connectivity index (χ0v) is 65.0. The van der Waals surface area contributed by atoms with Crippen LogP contribution >= 0.6 is 0 Å². The number of para-hydroxylation sites is 8. The van der Waals surface area contributed by atoms with Crippen LogP contribution in [0.3, 0.4) is 0 Å². The summed E-state index contributed by atoms with van der Waals surface area (Å²) < 4.78 is 9.43. The summed E-state index contributed by atoms with van der Waals surface area (Å²) in [6.07, 6.45) is 9.31. The molecule has 0 bridgehead atoms. The van der Waals surface area contributed by atoms with Crippen LogP contribution in [0, 0.1) is 0 Å². The van der Waals surface area contributed by atoms with E-state index in [1.165, 1.54) is 87.3 Å². The second-order valence-corrected chi connectivity index (χ2v) is 30.7. The Morgan fingerprint density at radius 2 is 0.467 bits per heavy atom. The molecule has 9 aromatic heterocycles. The van der Waals surface area contributed by atoms with Crippen molar-refractivity contribution in [3.05, 3.63) is 431 Å². The highest BCUT2D eigenvalue weighted by atomic mass is 15.0. The first-order valence-electron chi connectivity index (χ1n) is 40.6. The maximum Gasteiger partial charge on any atom is 0.0716 e. The number of rotatable bonds is 12. The van der Waals surface area contributed by atoms with E-state index in [-0.39, 0.29) is 0 Å². The number of hydrogen-bond acceptors (Lipinski definition) is 5. The Hall–Kier alpha value is -16.2. The molecule has 9 heterocycles. The lowest BCUT2D eigenvalue weighted by Crippen LogP contribution is -1.94. The number of benzene rings is 15. The van der Waals surface area contributed by atoms with Gasteiger partial charge in [0.1, 0.15) is 0 Å². The van der Waals surface area contributed by atoms with Gasteiger partial charge in [-0.1, -0.05) is 206 Å². The molecular formula is C111H71N9. The van der Waals surface area contributed by atoms with E-state index in [0.717, 1.165) is 134 Å². The average Bonchev–Trinajstić information content (AvgIpc) is 1.66. The highest BCUT2D eigenvalue weighted by Gasteiger charge is 2.22. The molecule has 560 valence electrons. The summed E-state index contributed by atoms with van der Waals surface area (Å²) in [5.41, 5.74) is 33.2.